The molecule has 0 bridgehead atoms. The third-order valence-electron chi connectivity index (χ3n) is 3.44. The van der Waals surface area contributed by atoms with Crippen molar-refractivity contribution >= 4 is 0 Å². The summed E-state index contributed by atoms with van der Waals surface area (Å²) in [4.78, 5) is 4.21. The first-order valence-electron chi connectivity index (χ1n) is 6.26. The van der Waals surface area contributed by atoms with E-state index in [0.717, 1.165) is 29.1 Å². The van der Waals surface area contributed by atoms with Crippen LogP contribution in [0.5, 0.6) is 0 Å². The van der Waals surface area contributed by atoms with Crippen molar-refractivity contribution in [2.24, 2.45) is 5.73 Å². The fourth-order valence-corrected chi connectivity index (χ4v) is 2.36. The normalized spacial score (nSPS) is 14.7. The Bertz CT molecular complexity index is 509. The van der Waals surface area contributed by atoms with Gasteiger partial charge in [0.1, 0.15) is 5.76 Å². The predicted octanol–water partition coefficient (Wildman–Crippen LogP) is 2.51. The standard InChI is InChI=1S/C13H20N4O/c1-5-11(14)12-6-15-7-17(12)9(3)13-8(2)16-18-10(13)4/h6-7,9,11H,5,14H2,1-4H3/t9?,11-/m1/s1. The van der Waals surface area contributed by atoms with Crippen LogP contribution in [0.4, 0.5) is 0 Å². The van der Waals surface area contributed by atoms with Crippen molar-refractivity contribution in [1.82, 2.24) is 14.7 Å². The maximum atomic E-state index is 6.11. The summed E-state index contributed by atoms with van der Waals surface area (Å²) < 4.78 is 7.32. The number of nitrogens with two attached hydrogens (primary N) is 1. The minimum absolute atomic E-state index is 0.00965. The van der Waals surface area contributed by atoms with Gasteiger partial charge in [0.2, 0.25) is 0 Å². The summed E-state index contributed by atoms with van der Waals surface area (Å²) in [7, 11) is 0. The summed E-state index contributed by atoms with van der Waals surface area (Å²) >= 11 is 0. The quantitative estimate of drug-likeness (QED) is 0.902. The maximum Gasteiger partial charge on any atom is 0.139 e. The Morgan fingerprint density at radius 1 is 1.44 bits per heavy atom. The molecule has 98 valence electrons. The van der Waals surface area contributed by atoms with E-state index in [0.29, 0.717) is 0 Å². The minimum Gasteiger partial charge on any atom is -0.361 e. The van der Waals surface area contributed by atoms with E-state index in [1.807, 2.05) is 26.4 Å². The Morgan fingerprint density at radius 2 is 2.17 bits per heavy atom. The lowest BCUT2D eigenvalue weighted by Gasteiger charge is -2.19. The molecule has 5 heteroatoms. The molecule has 0 fully saturated rings. The van der Waals surface area contributed by atoms with Gasteiger partial charge in [0.05, 0.1) is 23.8 Å². The van der Waals surface area contributed by atoms with Crippen molar-refractivity contribution in [3.63, 3.8) is 0 Å². The summed E-state index contributed by atoms with van der Waals surface area (Å²) in [6.45, 7) is 8.07. The smallest absolute Gasteiger partial charge is 0.139 e. The highest BCUT2D eigenvalue weighted by molar-refractivity contribution is 5.26. The molecule has 18 heavy (non-hydrogen) atoms. The van der Waals surface area contributed by atoms with E-state index in [1.165, 1.54) is 0 Å². The number of aromatic nitrogens is 3. The van der Waals surface area contributed by atoms with Crippen molar-refractivity contribution in [2.75, 3.05) is 0 Å². The summed E-state index contributed by atoms with van der Waals surface area (Å²) in [6.07, 6.45) is 4.55. The molecule has 0 amide bonds. The number of imidazole rings is 1. The largest absolute Gasteiger partial charge is 0.361 e. The molecule has 0 aromatic carbocycles. The molecule has 2 aromatic heterocycles. The molecule has 2 atom stereocenters. The van der Waals surface area contributed by atoms with Gasteiger partial charge in [-0.3, -0.25) is 0 Å². The van der Waals surface area contributed by atoms with Gasteiger partial charge in [0, 0.05) is 17.8 Å². The molecule has 5 nitrogen and oxygen atoms in total. The first kappa shape index (κ1) is 12.8. The molecule has 0 saturated heterocycles. The number of nitrogens with zero attached hydrogens (tertiary/aromatic N) is 3. The van der Waals surface area contributed by atoms with Crippen LogP contribution in [0.15, 0.2) is 17.0 Å². The Balaban J connectivity index is 2.41. The zero-order chi connectivity index (χ0) is 13.3. The molecule has 2 aromatic rings. The van der Waals surface area contributed by atoms with E-state index in [9.17, 15) is 0 Å². The highest BCUT2D eigenvalue weighted by atomic mass is 16.5. The van der Waals surface area contributed by atoms with Crippen LogP contribution in [-0.2, 0) is 0 Å². The lowest BCUT2D eigenvalue weighted by molar-refractivity contribution is 0.390. The van der Waals surface area contributed by atoms with E-state index in [2.05, 4.69) is 28.6 Å². The first-order chi connectivity index (χ1) is 8.56. The van der Waals surface area contributed by atoms with E-state index < -0.39 is 0 Å². The number of hydrogen-bond acceptors (Lipinski definition) is 4. The van der Waals surface area contributed by atoms with Crippen LogP contribution >= 0.6 is 0 Å². The maximum absolute atomic E-state index is 6.11. The number of aryl methyl sites for hydroxylation is 2. The Hall–Kier alpha value is -1.62. The van der Waals surface area contributed by atoms with Gasteiger partial charge in [-0.05, 0) is 27.2 Å². The molecule has 0 radical (unpaired) electrons. The van der Waals surface area contributed by atoms with Gasteiger partial charge < -0.3 is 14.8 Å². The predicted molar refractivity (Wildman–Crippen MR) is 69.2 cm³/mol. The van der Waals surface area contributed by atoms with Crippen LogP contribution in [0.2, 0.25) is 0 Å². The highest BCUT2D eigenvalue weighted by Crippen LogP contribution is 2.27. The summed E-state index contributed by atoms with van der Waals surface area (Å²) in [5.41, 5.74) is 9.18. The SMILES string of the molecule is CC[C@@H](N)c1cncn1C(C)c1c(C)noc1C. The number of hydrogen-bond donors (Lipinski definition) is 1. The molecule has 0 spiro atoms. The van der Waals surface area contributed by atoms with Crippen LogP contribution in [0.1, 0.15) is 55.1 Å². The monoisotopic (exact) mass is 248 g/mol. The van der Waals surface area contributed by atoms with Crippen molar-refractivity contribution < 1.29 is 4.52 Å². The molecule has 0 aliphatic carbocycles. The van der Waals surface area contributed by atoms with Gasteiger partial charge in [-0.1, -0.05) is 12.1 Å². The Labute approximate surface area is 107 Å². The van der Waals surface area contributed by atoms with Gasteiger partial charge in [-0.25, -0.2) is 4.98 Å². The van der Waals surface area contributed by atoms with Gasteiger partial charge in [0.25, 0.3) is 0 Å². The zero-order valence-electron chi connectivity index (χ0n) is 11.3. The van der Waals surface area contributed by atoms with Gasteiger partial charge in [0.15, 0.2) is 0 Å². The molecular formula is C13H20N4O. The van der Waals surface area contributed by atoms with Gasteiger partial charge >= 0.3 is 0 Å². The second kappa shape index (κ2) is 4.94. The minimum atomic E-state index is 0.00965. The zero-order valence-corrected chi connectivity index (χ0v) is 11.3. The van der Waals surface area contributed by atoms with Crippen LogP contribution in [-0.4, -0.2) is 14.7 Å². The van der Waals surface area contributed by atoms with Crippen molar-refractivity contribution in [1.29, 1.82) is 0 Å². The summed E-state index contributed by atoms with van der Waals surface area (Å²) in [5, 5.41) is 4.00. The number of rotatable bonds is 4. The van der Waals surface area contributed by atoms with Crippen molar-refractivity contribution in [2.45, 2.75) is 46.2 Å². The summed E-state index contributed by atoms with van der Waals surface area (Å²) in [6, 6.07) is 0.141. The van der Waals surface area contributed by atoms with Gasteiger partial charge in [-0.15, -0.1) is 0 Å². The third-order valence-corrected chi connectivity index (χ3v) is 3.44. The molecule has 2 N–H and O–H groups in total. The second-order valence-electron chi connectivity index (χ2n) is 4.65. The van der Waals surface area contributed by atoms with E-state index >= 15 is 0 Å². The van der Waals surface area contributed by atoms with Crippen LogP contribution in [0.3, 0.4) is 0 Å². The third kappa shape index (κ3) is 2.06. The Kier molecular flexibility index (Phi) is 3.52. The van der Waals surface area contributed by atoms with E-state index in [1.54, 1.807) is 0 Å². The topological polar surface area (TPSA) is 69.9 Å². The molecule has 2 heterocycles. The van der Waals surface area contributed by atoms with Crippen LogP contribution in [0.25, 0.3) is 0 Å². The van der Waals surface area contributed by atoms with Gasteiger partial charge in [-0.2, -0.15) is 0 Å². The average molecular weight is 248 g/mol. The first-order valence-corrected chi connectivity index (χ1v) is 6.26. The van der Waals surface area contributed by atoms with Crippen LogP contribution in [0, 0.1) is 13.8 Å². The fourth-order valence-electron chi connectivity index (χ4n) is 2.36. The molecule has 2 rings (SSSR count). The van der Waals surface area contributed by atoms with E-state index in [4.69, 9.17) is 10.3 Å². The average Bonchev–Trinajstić information content (AvgIpc) is 2.95. The molecular weight excluding hydrogens is 228 g/mol. The Morgan fingerprint density at radius 3 is 2.72 bits per heavy atom. The van der Waals surface area contributed by atoms with E-state index in [-0.39, 0.29) is 12.1 Å². The molecule has 1 unspecified atom stereocenters. The highest BCUT2D eigenvalue weighted by Gasteiger charge is 2.21. The second-order valence-corrected chi connectivity index (χ2v) is 4.65. The summed E-state index contributed by atoms with van der Waals surface area (Å²) in [5.74, 6) is 0.852. The lowest BCUT2D eigenvalue weighted by atomic mass is 10.1. The molecule has 0 aliphatic rings. The van der Waals surface area contributed by atoms with Crippen molar-refractivity contribution in [3.8, 4) is 0 Å². The molecule has 0 aliphatic heterocycles. The van der Waals surface area contributed by atoms with Crippen LogP contribution < -0.4 is 5.73 Å². The fraction of sp³-hybridized carbons (Fsp3) is 0.538. The lowest BCUT2D eigenvalue weighted by Crippen LogP contribution is -2.17. The molecule has 0 saturated carbocycles. The van der Waals surface area contributed by atoms with Crippen molar-refractivity contribution in [3.05, 3.63) is 35.2 Å².